The Hall–Kier alpha value is -2.15. The second-order valence-corrected chi connectivity index (χ2v) is 2.90. The van der Waals surface area contributed by atoms with Crippen LogP contribution in [0.3, 0.4) is 0 Å². The van der Waals surface area contributed by atoms with Crippen molar-refractivity contribution in [2.75, 3.05) is 7.11 Å². The molecular weight excluding hydrogens is 218 g/mol. The monoisotopic (exact) mass is 227 g/mol. The van der Waals surface area contributed by atoms with Crippen LogP contribution in [-0.4, -0.2) is 28.2 Å². The maximum absolute atomic E-state index is 10.8. The summed E-state index contributed by atoms with van der Waals surface area (Å²) in [4.78, 5) is 20.5. The molecule has 7 nitrogen and oxygen atoms in total. The van der Waals surface area contributed by atoms with Crippen molar-refractivity contribution in [2.24, 2.45) is 0 Å². The molecule has 0 spiro atoms. The Morgan fingerprint density at radius 1 is 1.56 bits per heavy atom. The van der Waals surface area contributed by atoms with Gasteiger partial charge in [-0.05, 0) is 12.1 Å². The SMILES string of the molecule is COc1cccc(C(O)C(=O)O)c1[N+](=O)[O-]. The molecular formula is C9H9NO6. The van der Waals surface area contributed by atoms with Gasteiger partial charge in [0.1, 0.15) is 0 Å². The summed E-state index contributed by atoms with van der Waals surface area (Å²) < 4.78 is 4.73. The highest BCUT2D eigenvalue weighted by Gasteiger charge is 2.29. The molecule has 0 aliphatic heterocycles. The summed E-state index contributed by atoms with van der Waals surface area (Å²) in [6.45, 7) is 0. The molecule has 0 heterocycles. The predicted octanol–water partition coefficient (Wildman–Crippen LogP) is 0.721. The van der Waals surface area contributed by atoms with Crippen molar-refractivity contribution in [3.05, 3.63) is 33.9 Å². The molecule has 0 aliphatic rings. The van der Waals surface area contributed by atoms with Crippen molar-refractivity contribution in [3.63, 3.8) is 0 Å². The smallest absolute Gasteiger partial charge is 0.337 e. The maximum Gasteiger partial charge on any atom is 0.337 e. The predicted molar refractivity (Wildman–Crippen MR) is 52.2 cm³/mol. The molecule has 1 aromatic rings. The van der Waals surface area contributed by atoms with Gasteiger partial charge < -0.3 is 14.9 Å². The normalized spacial score (nSPS) is 11.9. The standard InChI is InChI=1S/C9H9NO6/c1-16-6-4-2-3-5(7(6)10(14)15)8(11)9(12)13/h2-4,8,11H,1H3,(H,12,13). The van der Waals surface area contributed by atoms with Crippen molar-refractivity contribution in [1.82, 2.24) is 0 Å². The number of ether oxygens (including phenoxy) is 1. The van der Waals surface area contributed by atoms with Crippen molar-refractivity contribution in [1.29, 1.82) is 0 Å². The molecule has 0 aromatic heterocycles. The van der Waals surface area contributed by atoms with E-state index in [4.69, 9.17) is 9.84 Å². The fourth-order valence-electron chi connectivity index (χ4n) is 1.25. The number of methoxy groups -OCH3 is 1. The zero-order chi connectivity index (χ0) is 12.3. The Balaban J connectivity index is 3.38. The Morgan fingerprint density at radius 2 is 2.19 bits per heavy atom. The lowest BCUT2D eigenvalue weighted by molar-refractivity contribution is -0.387. The minimum absolute atomic E-state index is 0.0946. The number of para-hydroxylation sites is 1. The van der Waals surface area contributed by atoms with Gasteiger partial charge in [-0.3, -0.25) is 10.1 Å². The van der Waals surface area contributed by atoms with Gasteiger partial charge in [-0.15, -0.1) is 0 Å². The van der Waals surface area contributed by atoms with Crippen molar-refractivity contribution < 1.29 is 24.7 Å². The molecule has 0 saturated carbocycles. The number of nitro groups is 1. The van der Waals surface area contributed by atoms with Crippen LogP contribution in [-0.2, 0) is 4.79 Å². The number of hydrogen-bond acceptors (Lipinski definition) is 5. The van der Waals surface area contributed by atoms with E-state index in [9.17, 15) is 20.0 Å². The highest BCUT2D eigenvalue weighted by atomic mass is 16.6. The number of aliphatic hydroxyl groups excluding tert-OH is 1. The Labute approximate surface area is 90.0 Å². The van der Waals surface area contributed by atoms with Crippen LogP contribution in [0.5, 0.6) is 5.75 Å². The largest absolute Gasteiger partial charge is 0.490 e. The third kappa shape index (κ3) is 2.09. The quantitative estimate of drug-likeness (QED) is 0.579. The maximum atomic E-state index is 10.8. The summed E-state index contributed by atoms with van der Waals surface area (Å²) in [5.74, 6) is -1.65. The number of hydrogen-bond donors (Lipinski definition) is 2. The van der Waals surface area contributed by atoms with Crippen molar-refractivity contribution in [3.8, 4) is 5.75 Å². The Kier molecular flexibility index (Phi) is 3.41. The number of carboxylic acids is 1. The number of aliphatic hydroxyl groups is 1. The third-order valence-electron chi connectivity index (χ3n) is 1.96. The number of nitrogens with zero attached hydrogens (tertiary/aromatic N) is 1. The lowest BCUT2D eigenvalue weighted by atomic mass is 10.1. The van der Waals surface area contributed by atoms with Gasteiger partial charge in [0.05, 0.1) is 17.6 Å². The summed E-state index contributed by atoms with van der Waals surface area (Å²) in [5.41, 5.74) is -0.850. The molecule has 0 saturated heterocycles. The van der Waals surface area contributed by atoms with Crippen LogP contribution in [0.25, 0.3) is 0 Å². The lowest BCUT2D eigenvalue weighted by Crippen LogP contribution is -2.12. The van der Waals surface area contributed by atoms with Crippen molar-refractivity contribution in [2.45, 2.75) is 6.10 Å². The summed E-state index contributed by atoms with van der Waals surface area (Å²) in [5, 5.41) is 28.6. The minimum Gasteiger partial charge on any atom is -0.490 e. The van der Waals surface area contributed by atoms with Crippen LogP contribution in [0.2, 0.25) is 0 Å². The van der Waals surface area contributed by atoms with E-state index >= 15 is 0 Å². The van der Waals surface area contributed by atoms with E-state index in [1.54, 1.807) is 0 Å². The van der Waals surface area contributed by atoms with Gasteiger partial charge in [0.2, 0.25) is 0 Å². The van der Waals surface area contributed by atoms with E-state index in [2.05, 4.69) is 0 Å². The van der Waals surface area contributed by atoms with Crippen LogP contribution >= 0.6 is 0 Å². The molecule has 16 heavy (non-hydrogen) atoms. The van der Waals surface area contributed by atoms with E-state index < -0.39 is 22.7 Å². The van der Waals surface area contributed by atoms with Gasteiger partial charge in [0.25, 0.3) is 0 Å². The third-order valence-corrected chi connectivity index (χ3v) is 1.96. The molecule has 0 aliphatic carbocycles. The molecule has 0 radical (unpaired) electrons. The zero-order valence-corrected chi connectivity index (χ0v) is 8.28. The van der Waals surface area contributed by atoms with Gasteiger partial charge in [0, 0.05) is 0 Å². The average Bonchev–Trinajstić information content (AvgIpc) is 2.26. The van der Waals surface area contributed by atoms with Gasteiger partial charge >= 0.3 is 11.7 Å². The second-order valence-electron chi connectivity index (χ2n) is 2.90. The van der Waals surface area contributed by atoms with Crippen LogP contribution in [0.4, 0.5) is 5.69 Å². The highest BCUT2D eigenvalue weighted by molar-refractivity contribution is 5.76. The van der Waals surface area contributed by atoms with Crippen molar-refractivity contribution >= 4 is 11.7 Å². The molecule has 0 fully saturated rings. The molecule has 1 rings (SSSR count). The molecule has 1 aromatic carbocycles. The van der Waals surface area contributed by atoms with E-state index in [1.807, 2.05) is 0 Å². The van der Waals surface area contributed by atoms with Crippen LogP contribution in [0, 0.1) is 10.1 Å². The van der Waals surface area contributed by atoms with E-state index in [0.29, 0.717) is 0 Å². The number of nitro benzene ring substituents is 1. The number of carbonyl (C=O) groups is 1. The topological polar surface area (TPSA) is 110 Å². The van der Waals surface area contributed by atoms with Crippen LogP contribution in [0.15, 0.2) is 18.2 Å². The summed E-state index contributed by atoms with van der Waals surface area (Å²) in [6.07, 6.45) is -1.95. The molecule has 1 unspecified atom stereocenters. The first kappa shape index (κ1) is 11.9. The van der Waals surface area contributed by atoms with Gasteiger partial charge in [-0.1, -0.05) is 6.07 Å². The minimum atomic E-state index is -1.95. The fourth-order valence-corrected chi connectivity index (χ4v) is 1.25. The van der Waals surface area contributed by atoms with E-state index in [1.165, 1.54) is 25.3 Å². The molecule has 0 amide bonds. The summed E-state index contributed by atoms with van der Waals surface area (Å²) in [6, 6.07) is 3.85. The number of aliphatic carboxylic acids is 1. The molecule has 7 heteroatoms. The van der Waals surface area contributed by atoms with Gasteiger partial charge in [0.15, 0.2) is 11.9 Å². The Bertz CT molecular complexity index is 430. The molecule has 86 valence electrons. The number of benzene rings is 1. The number of carboxylic acid groups (broad SMARTS) is 1. The first-order valence-corrected chi connectivity index (χ1v) is 4.21. The number of rotatable bonds is 4. The Morgan fingerprint density at radius 3 is 2.62 bits per heavy atom. The second kappa shape index (κ2) is 4.58. The molecule has 2 N–H and O–H groups in total. The van der Waals surface area contributed by atoms with E-state index in [-0.39, 0.29) is 11.3 Å². The first-order valence-electron chi connectivity index (χ1n) is 4.21. The molecule has 1 atom stereocenters. The van der Waals surface area contributed by atoms with Gasteiger partial charge in [-0.25, -0.2) is 4.79 Å². The van der Waals surface area contributed by atoms with Crippen LogP contribution in [0.1, 0.15) is 11.7 Å². The summed E-state index contributed by atoms with van der Waals surface area (Å²) >= 11 is 0. The zero-order valence-electron chi connectivity index (χ0n) is 8.28. The fraction of sp³-hybridized carbons (Fsp3) is 0.222. The summed E-state index contributed by atoms with van der Waals surface area (Å²) in [7, 11) is 1.22. The van der Waals surface area contributed by atoms with Crippen LogP contribution < -0.4 is 4.74 Å². The average molecular weight is 227 g/mol. The van der Waals surface area contributed by atoms with Gasteiger partial charge in [-0.2, -0.15) is 0 Å². The first-order chi connectivity index (χ1) is 7.49. The van der Waals surface area contributed by atoms with E-state index in [0.717, 1.165) is 0 Å². The highest BCUT2D eigenvalue weighted by Crippen LogP contribution is 2.34. The molecule has 0 bridgehead atoms. The lowest BCUT2D eigenvalue weighted by Gasteiger charge is -2.09.